The van der Waals surface area contributed by atoms with E-state index in [0.29, 0.717) is 23.6 Å². The van der Waals surface area contributed by atoms with Crippen molar-refractivity contribution in [1.82, 2.24) is 0 Å². The van der Waals surface area contributed by atoms with Crippen LogP contribution in [-0.2, 0) is 6.42 Å². The molecule has 0 amide bonds. The molecule has 0 heterocycles. The molecular weight excluding hydrogens is 205 g/mol. The van der Waals surface area contributed by atoms with Crippen molar-refractivity contribution >= 4 is 17.6 Å². The molecule has 0 radical (unpaired) electrons. The van der Waals surface area contributed by atoms with Gasteiger partial charge in [-0.25, -0.2) is 4.39 Å². The van der Waals surface area contributed by atoms with Gasteiger partial charge >= 0.3 is 0 Å². The van der Waals surface area contributed by atoms with Crippen molar-refractivity contribution in [2.24, 2.45) is 16.5 Å². The molecule has 0 spiro atoms. The third-order valence-electron chi connectivity index (χ3n) is 1.72. The van der Waals surface area contributed by atoms with E-state index in [-0.39, 0.29) is 11.8 Å². The van der Waals surface area contributed by atoms with Gasteiger partial charge in [-0.15, -0.1) is 0 Å². The summed E-state index contributed by atoms with van der Waals surface area (Å²) in [5, 5.41) is 0.399. The minimum atomic E-state index is -0.330. The topological polar surface area (TPSA) is 64.4 Å². The lowest BCUT2D eigenvalue weighted by molar-refractivity contribution is 0.610. The van der Waals surface area contributed by atoms with Gasteiger partial charge in [0.05, 0.1) is 0 Å². The molecule has 0 unspecified atom stereocenters. The van der Waals surface area contributed by atoms with Crippen LogP contribution in [0, 0.1) is 5.82 Å². The van der Waals surface area contributed by atoms with Gasteiger partial charge in [-0.3, -0.25) is 4.99 Å². The molecule has 0 saturated carbocycles. The summed E-state index contributed by atoms with van der Waals surface area (Å²) >= 11 is 5.79. The summed E-state index contributed by atoms with van der Waals surface area (Å²) in [7, 11) is 0. The Morgan fingerprint density at radius 3 is 2.71 bits per heavy atom. The van der Waals surface area contributed by atoms with Gasteiger partial charge in [0.15, 0.2) is 5.96 Å². The Balaban J connectivity index is 2.71. The fourth-order valence-corrected chi connectivity index (χ4v) is 1.33. The van der Waals surface area contributed by atoms with Crippen molar-refractivity contribution in [3.05, 3.63) is 34.6 Å². The Bertz CT molecular complexity index is 328. The minimum absolute atomic E-state index is 0.00235. The zero-order valence-corrected chi connectivity index (χ0v) is 8.26. The Morgan fingerprint density at radius 2 is 2.14 bits per heavy atom. The van der Waals surface area contributed by atoms with Crippen molar-refractivity contribution in [3.8, 4) is 0 Å². The molecule has 0 aromatic heterocycles. The van der Waals surface area contributed by atoms with Gasteiger partial charge in [-0.05, 0) is 18.6 Å². The van der Waals surface area contributed by atoms with Gasteiger partial charge < -0.3 is 11.5 Å². The van der Waals surface area contributed by atoms with E-state index < -0.39 is 0 Å². The number of aliphatic imine (C=N–C) groups is 1. The van der Waals surface area contributed by atoms with Crippen molar-refractivity contribution in [2.45, 2.75) is 6.42 Å². The lowest BCUT2D eigenvalue weighted by Gasteiger charge is -2.03. The normalized spacial score (nSPS) is 9.86. The predicted octanol–water partition coefficient (Wildman–Crippen LogP) is 1.29. The molecule has 1 rings (SSSR count). The first-order chi connectivity index (χ1) is 6.61. The molecule has 0 bridgehead atoms. The molecule has 0 saturated heterocycles. The Hall–Kier alpha value is -1.29. The van der Waals surface area contributed by atoms with Crippen molar-refractivity contribution in [1.29, 1.82) is 0 Å². The average molecular weight is 216 g/mol. The molecule has 0 fully saturated rings. The second-order valence-electron chi connectivity index (χ2n) is 2.76. The van der Waals surface area contributed by atoms with Crippen molar-refractivity contribution in [2.75, 3.05) is 6.54 Å². The van der Waals surface area contributed by atoms with Crippen molar-refractivity contribution in [3.63, 3.8) is 0 Å². The number of hydrogen-bond acceptors (Lipinski definition) is 1. The van der Waals surface area contributed by atoms with E-state index in [2.05, 4.69) is 4.99 Å². The van der Waals surface area contributed by atoms with Gasteiger partial charge in [0.1, 0.15) is 5.82 Å². The van der Waals surface area contributed by atoms with E-state index in [1.165, 1.54) is 6.07 Å². The number of hydrogen-bond donors (Lipinski definition) is 2. The highest BCUT2D eigenvalue weighted by molar-refractivity contribution is 6.31. The first-order valence-corrected chi connectivity index (χ1v) is 4.47. The van der Waals surface area contributed by atoms with Crippen LogP contribution in [0.4, 0.5) is 4.39 Å². The van der Waals surface area contributed by atoms with Crippen molar-refractivity contribution < 1.29 is 4.39 Å². The lowest BCUT2D eigenvalue weighted by atomic mass is 10.1. The number of rotatable bonds is 3. The first kappa shape index (κ1) is 10.8. The highest BCUT2D eigenvalue weighted by Gasteiger charge is 2.05. The molecule has 76 valence electrons. The molecule has 0 aliphatic carbocycles. The molecule has 0 aliphatic rings. The van der Waals surface area contributed by atoms with Crippen LogP contribution in [0.15, 0.2) is 23.2 Å². The summed E-state index contributed by atoms with van der Waals surface area (Å²) in [6.45, 7) is 0.336. The maximum absolute atomic E-state index is 13.2. The average Bonchev–Trinajstić information content (AvgIpc) is 2.09. The smallest absolute Gasteiger partial charge is 0.185 e. The summed E-state index contributed by atoms with van der Waals surface area (Å²) < 4.78 is 13.2. The largest absolute Gasteiger partial charge is 0.370 e. The zero-order valence-electron chi connectivity index (χ0n) is 7.50. The van der Waals surface area contributed by atoms with Crippen LogP contribution in [0.2, 0.25) is 5.02 Å². The van der Waals surface area contributed by atoms with Crippen LogP contribution in [-0.4, -0.2) is 12.5 Å². The Labute approximate surface area is 86.6 Å². The van der Waals surface area contributed by atoms with Crippen LogP contribution in [0.3, 0.4) is 0 Å². The summed E-state index contributed by atoms with van der Waals surface area (Å²) in [4.78, 5) is 3.75. The lowest BCUT2D eigenvalue weighted by Crippen LogP contribution is -2.23. The predicted molar refractivity (Wildman–Crippen MR) is 55.8 cm³/mol. The third kappa shape index (κ3) is 2.88. The highest BCUT2D eigenvalue weighted by Crippen LogP contribution is 2.19. The van der Waals surface area contributed by atoms with E-state index in [1.54, 1.807) is 12.1 Å². The van der Waals surface area contributed by atoms with E-state index in [0.717, 1.165) is 0 Å². The monoisotopic (exact) mass is 215 g/mol. The summed E-state index contributed by atoms with van der Waals surface area (Å²) in [6, 6.07) is 4.55. The van der Waals surface area contributed by atoms with Gasteiger partial charge in [-0.2, -0.15) is 0 Å². The summed E-state index contributed by atoms with van der Waals surface area (Å²) in [5.41, 5.74) is 10.7. The number of nitrogens with zero attached hydrogens (tertiary/aromatic N) is 1. The SMILES string of the molecule is NC(N)=NCCc1c(F)cccc1Cl. The number of halogens is 2. The van der Waals surface area contributed by atoms with Crippen LogP contribution in [0.1, 0.15) is 5.56 Å². The maximum Gasteiger partial charge on any atom is 0.185 e. The van der Waals surface area contributed by atoms with Crippen LogP contribution < -0.4 is 11.5 Å². The number of nitrogens with two attached hydrogens (primary N) is 2. The van der Waals surface area contributed by atoms with Crippen LogP contribution in [0.25, 0.3) is 0 Å². The fraction of sp³-hybridized carbons (Fsp3) is 0.222. The molecule has 1 aromatic rings. The summed E-state index contributed by atoms with van der Waals surface area (Å²) in [5.74, 6) is -0.333. The van der Waals surface area contributed by atoms with E-state index in [9.17, 15) is 4.39 Å². The summed E-state index contributed by atoms with van der Waals surface area (Å²) in [6.07, 6.45) is 0.392. The molecule has 5 heteroatoms. The molecule has 0 aliphatic heterocycles. The molecule has 4 N–H and O–H groups in total. The van der Waals surface area contributed by atoms with Gasteiger partial charge in [-0.1, -0.05) is 17.7 Å². The van der Waals surface area contributed by atoms with Gasteiger partial charge in [0.25, 0.3) is 0 Å². The number of guanidine groups is 1. The second-order valence-corrected chi connectivity index (χ2v) is 3.16. The standard InChI is InChI=1S/C9H11ClFN3/c10-7-2-1-3-8(11)6(7)4-5-14-9(12)13/h1-3H,4-5H2,(H4,12,13,14). The highest BCUT2D eigenvalue weighted by atomic mass is 35.5. The zero-order chi connectivity index (χ0) is 10.6. The molecule has 14 heavy (non-hydrogen) atoms. The van der Waals surface area contributed by atoms with Crippen LogP contribution in [0.5, 0.6) is 0 Å². The first-order valence-electron chi connectivity index (χ1n) is 4.09. The molecule has 3 nitrogen and oxygen atoms in total. The quantitative estimate of drug-likeness (QED) is 0.590. The molecule has 1 aromatic carbocycles. The minimum Gasteiger partial charge on any atom is -0.370 e. The molecule has 0 atom stereocenters. The van der Waals surface area contributed by atoms with E-state index in [4.69, 9.17) is 23.1 Å². The van der Waals surface area contributed by atoms with E-state index in [1.807, 2.05) is 0 Å². The number of benzene rings is 1. The van der Waals surface area contributed by atoms with Crippen LogP contribution >= 0.6 is 11.6 Å². The Morgan fingerprint density at radius 1 is 1.43 bits per heavy atom. The van der Waals surface area contributed by atoms with E-state index >= 15 is 0 Å². The fourth-order valence-electron chi connectivity index (χ4n) is 1.07. The molecular formula is C9H11ClFN3. The van der Waals surface area contributed by atoms with Gasteiger partial charge in [0.2, 0.25) is 0 Å². The Kier molecular flexibility index (Phi) is 3.71. The maximum atomic E-state index is 13.2. The second kappa shape index (κ2) is 4.81. The third-order valence-corrected chi connectivity index (χ3v) is 2.07. The van der Waals surface area contributed by atoms with Gasteiger partial charge in [0, 0.05) is 17.1 Å².